The summed E-state index contributed by atoms with van der Waals surface area (Å²) in [6.07, 6.45) is 0. The number of carboxylic acid groups (broad SMARTS) is 1. The molecule has 2 nitrogen and oxygen atoms in total. The molecular weight excluding hydrogens is 95.1 g/mol. The van der Waals surface area contributed by atoms with E-state index in [2.05, 4.69) is 0 Å². The van der Waals surface area contributed by atoms with Gasteiger partial charge in [0.25, 0.3) is 5.97 Å². The first-order valence-electron chi connectivity index (χ1n) is 0.928. The van der Waals surface area contributed by atoms with Crippen LogP contribution in [0.1, 0.15) is 6.92 Å². The maximum atomic E-state index is 9.00. The molecule has 0 aromatic heterocycles. The first-order chi connectivity index (χ1) is 1.73. The van der Waals surface area contributed by atoms with Crippen LogP contribution in [0, 0.1) is 0 Å². The second-order valence-electron chi connectivity index (χ2n) is 0.519. The standard InChI is InChI=1S/C2H4O2.K/c1-2(3)4;/h1H3,(H,3,4);. The van der Waals surface area contributed by atoms with E-state index in [1.807, 2.05) is 0 Å². The van der Waals surface area contributed by atoms with E-state index in [0.717, 1.165) is 6.92 Å². The van der Waals surface area contributed by atoms with E-state index >= 15 is 0 Å². The number of hydrogen-bond acceptors (Lipinski definition) is 1. The average molecular weight is 99.2 g/mol. The second kappa shape index (κ2) is 5.11. The molecule has 0 heterocycles. The van der Waals surface area contributed by atoms with Gasteiger partial charge in [0.2, 0.25) is 0 Å². The van der Waals surface area contributed by atoms with Crippen LogP contribution < -0.4 is 0 Å². The molecule has 0 rings (SSSR count). The van der Waals surface area contributed by atoms with Crippen molar-refractivity contribution in [3.8, 4) is 0 Å². The van der Waals surface area contributed by atoms with E-state index in [1.165, 1.54) is 0 Å². The summed E-state index contributed by atoms with van der Waals surface area (Å²) in [5.74, 6) is -0.833. The minimum absolute atomic E-state index is 0. The van der Waals surface area contributed by atoms with Crippen molar-refractivity contribution in [1.82, 2.24) is 0 Å². The molecule has 0 fully saturated rings. The summed E-state index contributed by atoms with van der Waals surface area (Å²) in [6, 6.07) is 0. The van der Waals surface area contributed by atoms with Gasteiger partial charge in [-0.1, -0.05) is 0 Å². The monoisotopic (exact) mass is 99.0 g/mol. The number of hydrogen-bond donors (Lipinski definition) is 1. The maximum Gasteiger partial charge on any atom is 0.300 e. The molecule has 1 N–H and O–H groups in total. The van der Waals surface area contributed by atoms with Crippen LogP contribution in [0.3, 0.4) is 0 Å². The number of rotatable bonds is 0. The Morgan fingerprint density at radius 1 is 1.80 bits per heavy atom. The molecule has 0 saturated carbocycles. The van der Waals surface area contributed by atoms with Crippen LogP contribution >= 0.6 is 0 Å². The second-order valence-corrected chi connectivity index (χ2v) is 0.519. The molecule has 0 aromatic carbocycles. The minimum atomic E-state index is -0.833. The van der Waals surface area contributed by atoms with E-state index in [0.29, 0.717) is 0 Å². The van der Waals surface area contributed by atoms with E-state index in [1.54, 1.807) is 0 Å². The summed E-state index contributed by atoms with van der Waals surface area (Å²) in [6.45, 7) is 1.08. The van der Waals surface area contributed by atoms with Crippen molar-refractivity contribution in [2.75, 3.05) is 0 Å². The van der Waals surface area contributed by atoms with Gasteiger partial charge in [0, 0.05) is 58.3 Å². The van der Waals surface area contributed by atoms with Gasteiger partial charge in [-0.15, -0.1) is 0 Å². The van der Waals surface area contributed by atoms with Crippen molar-refractivity contribution in [3.63, 3.8) is 0 Å². The smallest absolute Gasteiger partial charge is 0.300 e. The zero-order valence-electron chi connectivity index (χ0n) is 3.36. The van der Waals surface area contributed by atoms with Crippen molar-refractivity contribution in [2.24, 2.45) is 0 Å². The number of carboxylic acids is 1. The van der Waals surface area contributed by atoms with Crippen LogP contribution in [-0.4, -0.2) is 62.5 Å². The molecule has 0 aliphatic heterocycles. The minimum Gasteiger partial charge on any atom is -0.481 e. The summed E-state index contributed by atoms with van der Waals surface area (Å²) >= 11 is 0. The fourth-order valence-corrected chi connectivity index (χ4v) is 0. The third kappa shape index (κ3) is 40.3. The molecule has 3 heteroatoms. The zero-order chi connectivity index (χ0) is 3.58. The Labute approximate surface area is 73.0 Å². The molecule has 0 spiro atoms. The Morgan fingerprint density at radius 2 is 1.80 bits per heavy atom. The average Bonchev–Trinajstić information content (AvgIpc) is 0.811. The van der Waals surface area contributed by atoms with Gasteiger partial charge in [-0.05, 0) is 0 Å². The molecule has 0 aromatic rings. The summed E-state index contributed by atoms with van der Waals surface area (Å²) in [4.78, 5) is 9.00. The summed E-state index contributed by atoms with van der Waals surface area (Å²) in [5, 5.41) is 7.42. The third-order valence-electron chi connectivity index (χ3n) is 0. The Kier molecular flexibility index (Phi) is 9.64. The summed E-state index contributed by atoms with van der Waals surface area (Å²) in [7, 11) is 0. The molecule has 25 valence electrons. The van der Waals surface area contributed by atoms with Gasteiger partial charge in [-0.25, -0.2) is 0 Å². The van der Waals surface area contributed by atoms with E-state index in [9.17, 15) is 0 Å². The largest absolute Gasteiger partial charge is 0.481 e. The molecule has 0 atom stereocenters. The van der Waals surface area contributed by atoms with Crippen molar-refractivity contribution >= 4 is 57.4 Å². The van der Waals surface area contributed by atoms with Crippen LogP contribution in [-0.2, 0) is 4.79 Å². The van der Waals surface area contributed by atoms with Crippen LogP contribution in [0.2, 0.25) is 0 Å². The maximum absolute atomic E-state index is 9.00. The molecule has 0 aliphatic rings. The van der Waals surface area contributed by atoms with Gasteiger partial charge < -0.3 is 5.11 Å². The van der Waals surface area contributed by atoms with E-state index < -0.39 is 5.97 Å². The predicted octanol–water partition coefficient (Wildman–Crippen LogP) is -0.290. The predicted molar refractivity (Wildman–Crippen MR) is 19.1 cm³/mol. The Morgan fingerprint density at radius 3 is 1.80 bits per heavy atom. The third-order valence-corrected chi connectivity index (χ3v) is 0. The normalized spacial score (nSPS) is 5.00. The van der Waals surface area contributed by atoms with Crippen LogP contribution in [0.15, 0.2) is 0 Å². The van der Waals surface area contributed by atoms with Crippen LogP contribution in [0.4, 0.5) is 0 Å². The Balaban J connectivity index is 0. The van der Waals surface area contributed by atoms with Crippen LogP contribution in [0.25, 0.3) is 0 Å². The zero-order valence-corrected chi connectivity index (χ0v) is 6.48. The van der Waals surface area contributed by atoms with Gasteiger partial charge in [-0.3, -0.25) is 4.79 Å². The SMILES string of the molecule is CC(=O)O.[K]. The van der Waals surface area contributed by atoms with E-state index in [4.69, 9.17) is 9.90 Å². The molecule has 0 amide bonds. The molecule has 0 saturated heterocycles. The fraction of sp³-hybridized carbons (Fsp3) is 0.500. The van der Waals surface area contributed by atoms with Gasteiger partial charge in [0.15, 0.2) is 0 Å². The number of carbonyl (C=O) groups is 1. The molecule has 5 heavy (non-hydrogen) atoms. The first kappa shape index (κ1) is 9.44. The summed E-state index contributed by atoms with van der Waals surface area (Å²) in [5.41, 5.74) is 0. The van der Waals surface area contributed by atoms with E-state index in [-0.39, 0.29) is 51.4 Å². The number of aliphatic carboxylic acids is 1. The summed E-state index contributed by atoms with van der Waals surface area (Å²) < 4.78 is 0. The van der Waals surface area contributed by atoms with Crippen LogP contribution in [0.5, 0.6) is 0 Å². The molecule has 1 radical (unpaired) electrons. The fourth-order valence-electron chi connectivity index (χ4n) is 0. The van der Waals surface area contributed by atoms with Crippen molar-refractivity contribution in [1.29, 1.82) is 0 Å². The Bertz CT molecular complexity index is 30.6. The Hall–Kier alpha value is 1.11. The van der Waals surface area contributed by atoms with Crippen molar-refractivity contribution < 1.29 is 9.90 Å². The molecule has 0 bridgehead atoms. The van der Waals surface area contributed by atoms with Gasteiger partial charge >= 0.3 is 0 Å². The first-order valence-corrected chi connectivity index (χ1v) is 0.928. The van der Waals surface area contributed by atoms with Crippen molar-refractivity contribution in [3.05, 3.63) is 0 Å². The molecule has 0 aliphatic carbocycles. The topological polar surface area (TPSA) is 37.3 Å². The molecular formula is C2H4KO2. The van der Waals surface area contributed by atoms with Gasteiger partial charge in [0.05, 0.1) is 0 Å². The molecule has 0 unspecified atom stereocenters. The van der Waals surface area contributed by atoms with Gasteiger partial charge in [-0.2, -0.15) is 0 Å². The quantitative estimate of drug-likeness (QED) is 0.424. The van der Waals surface area contributed by atoms with Crippen molar-refractivity contribution in [2.45, 2.75) is 6.92 Å². The van der Waals surface area contributed by atoms with Gasteiger partial charge in [0.1, 0.15) is 0 Å².